The van der Waals surface area contributed by atoms with Crippen molar-refractivity contribution >= 4 is 17.7 Å². The van der Waals surface area contributed by atoms with Crippen molar-refractivity contribution in [3.8, 4) is 0 Å². The number of nitrogens with zero attached hydrogens (tertiary/aromatic N) is 2. The molecule has 2 saturated heterocycles. The molecule has 2 heterocycles. The quantitative estimate of drug-likeness (QED) is 0.711. The molecule has 0 spiro atoms. The van der Waals surface area contributed by atoms with E-state index in [2.05, 4.69) is 5.32 Å². The Bertz CT molecular complexity index is 495. The number of likely N-dealkylation sites (tertiary alicyclic amines) is 1. The number of hydrogen-bond donors (Lipinski definition) is 1. The number of methoxy groups -OCH3 is 1. The van der Waals surface area contributed by atoms with Crippen LogP contribution in [0.4, 0.5) is 0 Å². The SMILES string of the molecule is CNC(=O)C[C@@]1(COC)CN(C(=O)CN2CCCCCC2=O)CCO1. The van der Waals surface area contributed by atoms with Gasteiger partial charge in [0.05, 0.1) is 32.7 Å². The molecule has 1 atom stereocenters. The van der Waals surface area contributed by atoms with Crippen LogP contribution in [0.3, 0.4) is 0 Å². The third-order valence-corrected chi connectivity index (χ3v) is 4.77. The highest BCUT2D eigenvalue weighted by atomic mass is 16.5. The van der Waals surface area contributed by atoms with Crippen LogP contribution in [-0.2, 0) is 23.9 Å². The van der Waals surface area contributed by atoms with Gasteiger partial charge in [0.25, 0.3) is 0 Å². The number of carbonyl (C=O) groups is 3. The van der Waals surface area contributed by atoms with Crippen LogP contribution in [0.15, 0.2) is 0 Å². The predicted octanol–water partition coefficient (Wildman–Crippen LogP) is -0.231. The first-order valence-electron chi connectivity index (χ1n) is 8.89. The second kappa shape index (κ2) is 9.15. The molecule has 142 valence electrons. The lowest BCUT2D eigenvalue weighted by Gasteiger charge is -2.42. The molecule has 2 fully saturated rings. The molecule has 3 amide bonds. The molecule has 25 heavy (non-hydrogen) atoms. The van der Waals surface area contributed by atoms with Crippen LogP contribution in [0.25, 0.3) is 0 Å². The Kier molecular flexibility index (Phi) is 7.19. The minimum atomic E-state index is -0.842. The fraction of sp³-hybridized carbons (Fsp3) is 0.824. The molecule has 0 aromatic heterocycles. The van der Waals surface area contributed by atoms with Crippen molar-refractivity contribution in [1.29, 1.82) is 0 Å². The summed E-state index contributed by atoms with van der Waals surface area (Å²) in [5.41, 5.74) is -0.842. The maximum Gasteiger partial charge on any atom is 0.242 e. The number of amides is 3. The summed E-state index contributed by atoms with van der Waals surface area (Å²) < 4.78 is 11.1. The van der Waals surface area contributed by atoms with E-state index in [1.165, 1.54) is 0 Å². The molecule has 8 heteroatoms. The fourth-order valence-corrected chi connectivity index (χ4v) is 3.42. The number of nitrogens with one attached hydrogen (secondary N) is 1. The molecule has 0 radical (unpaired) electrons. The molecule has 8 nitrogen and oxygen atoms in total. The smallest absolute Gasteiger partial charge is 0.242 e. The van der Waals surface area contributed by atoms with Gasteiger partial charge in [-0.25, -0.2) is 0 Å². The number of carbonyl (C=O) groups excluding carboxylic acids is 3. The van der Waals surface area contributed by atoms with Crippen LogP contribution in [0.1, 0.15) is 32.1 Å². The summed E-state index contributed by atoms with van der Waals surface area (Å²) >= 11 is 0. The van der Waals surface area contributed by atoms with E-state index >= 15 is 0 Å². The van der Waals surface area contributed by atoms with E-state index in [1.807, 2.05) is 0 Å². The van der Waals surface area contributed by atoms with Gasteiger partial charge in [-0.2, -0.15) is 0 Å². The van der Waals surface area contributed by atoms with Gasteiger partial charge in [-0.05, 0) is 12.8 Å². The van der Waals surface area contributed by atoms with Gasteiger partial charge in [0.1, 0.15) is 5.60 Å². The number of rotatable bonds is 6. The lowest BCUT2D eigenvalue weighted by Crippen LogP contribution is -2.58. The minimum absolute atomic E-state index is 0.0487. The Hall–Kier alpha value is -1.67. The molecule has 1 N–H and O–H groups in total. The molecule has 0 aromatic rings. The van der Waals surface area contributed by atoms with Crippen LogP contribution in [-0.4, -0.2) is 86.7 Å². The highest BCUT2D eigenvalue weighted by molar-refractivity contribution is 5.85. The van der Waals surface area contributed by atoms with E-state index in [0.29, 0.717) is 26.1 Å². The van der Waals surface area contributed by atoms with Crippen LogP contribution >= 0.6 is 0 Å². The fourth-order valence-electron chi connectivity index (χ4n) is 3.42. The summed E-state index contributed by atoms with van der Waals surface area (Å²) in [7, 11) is 3.12. The normalized spacial score (nSPS) is 24.8. The van der Waals surface area contributed by atoms with Crippen LogP contribution in [0.5, 0.6) is 0 Å². The van der Waals surface area contributed by atoms with E-state index < -0.39 is 5.60 Å². The standard InChI is InChI=1S/C17H29N3O5/c1-18-14(21)10-17(13-24-2)12-20(8-9-25-17)16(23)11-19-7-5-3-4-6-15(19)22/h3-13H2,1-2H3,(H,18,21)/t17-/m0/s1. The molecule has 2 aliphatic heterocycles. The van der Waals surface area contributed by atoms with Gasteiger partial charge in [0.2, 0.25) is 17.7 Å². The Morgan fingerprint density at radius 1 is 1.28 bits per heavy atom. The third kappa shape index (κ3) is 5.40. The first-order chi connectivity index (χ1) is 12.0. The summed E-state index contributed by atoms with van der Waals surface area (Å²) in [5, 5.41) is 2.59. The number of morpholine rings is 1. The Morgan fingerprint density at radius 3 is 2.80 bits per heavy atom. The molecular weight excluding hydrogens is 326 g/mol. The highest BCUT2D eigenvalue weighted by Gasteiger charge is 2.40. The molecule has 0 unspecified atom stereocenters. The number of hydrogen-bond acceptors (Lipinski definition) is 5. The van der Waals surface area contributed by atoms with Crippen molar-refractivity contribution in [3.63, 3.8) is 0 Å². The Balaban J connectivity index is 2.01. The number of ether oxygens (including phenoxy) is 2. The zero-order chi connectivity index (χ0) is 18.3. The van der Waals surface area contributed by atoms with Crippen molar-refractivity contribution < 1.29 is 23.9 Å². The van der Waals surface area contributed by atoms with E-state index in [9.17, 15) is 14.4 Å². The maximum atomic E-state index is 12.7. The average Bonchev–Trinajstić information content (AvgIpc) is 2.79. The Labute approximate surface area is 148 Å². The summed E-state index contributed by atoms with van der Waals surface area (Å²) in [6.07, 6.45) is 3.50. The molecule has 0 bridgehead atoms. The van der Waals surface area contributed by atoms with E-state index in [1.54, 1.807) is 24.0 Å². The molecule has 2 rings (SSSR count). The largest absolute Gasteiger partial charge is 0.382 e. The Morgan fingerprint density at radius 2 is 2.08 bits per heavy atom. The molecule has 2 aliphatic rings. The van der Waals surface area contributed by atoms with Crippen molar-refractivity contribution in [1.82, 2.24) is 15.1 Å². The van der Waals surface area contributed by atoms with E-state index in [4.69, 9.17) is 9.47 Å². The van der Waals surface area contributed by atoms with Crippen molar-refractivity contribution in [2.75, 3.05) is 53.6 Å². The highest BCUT2D eigenvalue weighted by Crippen LogP contribution is 2.23. The van der Waals surface area contributed by atoms with E-state index in [-0.39, 0.29) is 43.8 Å². The predicted molar refractivity (Wildman–Crippen MR) is 90.9 cm³/mol. The van der Waals surface area contributed by atoms with Crippen molar-refractivity contribution in [2.45, 2.75) is 37.7 Å². The molecule has 0 aromatic carbocycles. The van der Waals surface area contributed by atoms with Gasteiger partial charge in [0.15, 0.2) is 0 Å². The monoisotopic (exact) mass is 355 g/mol. The van der Waals surface area contributed by atoms with Crippen molar-refractivity contribution in [3.05, 3.63) is 0 Å². The zero-order valence-electron chi connectivity index (χ0n) is 15.2. The maximum absolute atomic E-state index is 12.7. The lowest BCUT2D eigenvalue weighted by atomic mass is 9.97. The van der Waals surface area contributed by atoms with Crippen LogP contribution in [0, 0.1) is 0 Å². The second-order valence-electron chi connectivity index (χ2n) is 6.76. The third-order valence-electron chi connectivity index (χ3n) is 4.77. The van der Waals surface area contributed by atoms with Crippen LogP contribution < -0.4 is 5.32 Å². The average molecular weight is 355 g/mol. The van der Waals surface area contributed by atoms with Crippen molar-refractivity contribution in [2.24, 2.45) is 0 Å². The van der Waals surface area contributed by atoms with Gasteiger partial charge in [-0.3, -0.25) is 14.4 Å². The topological polar surface area (TPSA) is 88.2 Å². The summed E-state index contributed by atoms with van der Waals surface area (Å²) in [5.74, 6) is -0.211. The van der Waals surface area contributed by atoms with Gasteiger partial charge in [-0.1, -0.05) is 6.42 Å². The zero-order valence-corrected chi connectivity index (χ0v) is 15.2. The summed E-state index contributed by atoms with van der Waals surface area (Å²) in [4.78, 5) is 40.0. The van der Waals surface area contributed by atoms with E-state index in [0.717, 1.165) is 19.3 Å². The molecule has 0 saturated carbocycles. The van der Waals surface area contributed by atoms with Crippen LogP contribution in [0.2, 0.25) is 0 Å². The minimum Gasteiger partial charge on any atom is -0.382 e. The first-order valence-corrected chi connectivity index (χ1v) is 8.89. The summed E-state index contributed by atoms with van der Waals surface area (Å²) in [6.45, 7) is 2.06. The lowest BCUT2D eigenvalue weighted by molar-refractivity contribution is -0.167. The second-order valence-corrected chi connectivity index (χ2v) is 6.76. The molecule has 0 aliphatic carbocycles. The first kappa shape index (κ1) is 19.7. The molecular formula is C17H29N3O5. The van der Waals surface area contributed by atoms with Gasteiger partial charge in [-0.15, -0.1) is 0 Å². The van der Waals surface area contributed by atoms with Gasteiger partial charge >= 0.3 is 0 Å². The summed E-state index contributed by atoms with van der Waals surface area (Å²) in [6, 6.07) is 0. The van der Waals surface area contributed by atoms with Gasteiger partial charge in [0, 0.05) is 33.7 Å². The van der Waals surface area contributed by atoms with Gasteiger partial charge < -0.3 is 24.6 Å².